The van der Waals surface area contributed by atoms with E-state index >= 15 is 0 Å². The molecule has 2 aromatic carbocycles. The normalized spacial score (nSPS) is 15.2. The molecular formula is C19H21BrN4S. The zero-order valence-corrected chi connectivity index (χ0v) is 16.3. The van der Waals surface area contributed by atoms with Gasteiger partial charge in [0.2, 0.25) is 0 Å². The monoisotopic (exact) mass is 416 g/mol. The number of rotatable bonds is 5. The summed E-state index contributed by atoms with van der Waals surface area (Å²) in [7, 11) is 0. The average molecular weight is 417 g/mol. The molecule has 1 fully saturated rings. The standard InChI is InChI=1S/C19H21BrN4S/c20-17-9-8-16(18(12-17)24-10-4-5-11-24)13-22-23-19(21)25-14-15-6-2-1-3-7-15/h1-3,6-9,12-13H,4-5,10-11,14H2,(H2,21,23). The molecule has 0 unspecified atom stereocenters. The van der Waals surface area contributed by atoms with Crippen LogP contribution in [-0.2, 0) is 5.75 Å². The highest BCUT2D eigenvalue weighted by atomic mass is 79.9. The Balaban J connectivity index is 1.65. The maximum atomic E-state index is 5.95. The van der Waals surface area contributed by atoms with E-state index in [0.717, 1.165) is 28.9 Å². The number of nitrogens with two attached hydrogens (primary N) is 1. The summed E-state index contributed by atoms with van der Waals surface area (Å²) in [5, 5.41) is 8.78. The zero-order valence-electron chi connectivity index (χ0n) is 13.9. The van der Waals surface area contributed by atoms with Gasteiger partial charge in [0.25, 0.3) is 0 Å². The molecule has 2 N–H and O–H groups in total. The van der Waals surface area contributed by atoms with E-state index in [9.17, 15) is 0 Å². The van der Waals surface area contributed by atoms with Gasteiger partial charge in [-0.2, -0.15) is 5.10 Å². The van der Waals surface area contributed by atoms with Crippen LogP contribution in [0.4, 0.5) is 5.69 Å². The number of anilines is 1. The van der Waals surface area contributed by atoms with E-state index < -0.39 is 0 Å². The number of thioether (sulfide) groups is 1. The van der Waals surface area contributed by atoms with Crippen molar-refractivity contribution >= 4 is 44.8 Å². The van der Waals surface area contributed by atoms with E-state index in [1.54, 1.807) is 6.21 Å². The summed E-state index contributed by atoms with van der Waals surface area (Å²) in [6.45, 7) is 2.19. The SMILES string of the molecule is NC(=NN=Cc1ccc(Br)cc1N1CCCC1)SCc1ccccc1. The van der Waals surface area contributed by atoms with Crippen molar-refractivity contribution < 1.29 is 0 Å². The largest absolute Gasteiger partial charge is 0.377 e. The number of benzene rings is 2. The number of hydrogen-bond acceptors (Lipinski definition) is 4. The lowest BCUT2D eigenvalue weighted by atomic mass is 10.2. The molecular weight excluding hydrogens is 396 g/mol. The van der Waals surface area contributed by atoms with Crippen molar-refractivity contribution in [3.05, 3.63) is 64.1 Å². The van der Waals surface area contributed by atoms with Gasteiger partial charge in [0.1, 0.15) is 0 Å². The number of halogens is 1. The van der Waals surface area contributed by atoms with Gasteiger partial charge in [-0.1, -0.05) is 64.1 Å². The smallest absolute Gasteiger partial charge is 0.180 e. The van der Waals surface area contributed by atoms with E-state index in [4.69, 9.17) is 5.73 Å². The van der Waals surface area contributed by atoms with Crippen molar-refractivity contribution in [3.8, 4) is 0 Å². The van der Waals surface area contributed by atoms with E-state index in [1.165, 1.54) is 35.9 Å². The molecule has 3 rings (SSSR count). The second-order valence-corrected chi connectivity index (χ2v) is 7.77. The first-order chi connectivity index (χ1) is 12.2. The summed E-state index contributed by atoms with van der Waals surface area (Å²) in [5.41, 5.74) is 9.43. The number of amidine groups is 1. The van der Waals surface area contributed by atoms with Crippen molar-refractivity contribution in [2.75, 3.05) is 18.0 Å². The molecule has 1 aliphatic heterocycles. The Morgan fingerprint density at radius 3 is 2.68 bits per heavy atom. The minimum atomic E-state index is 0.472. The Morgan fingerprint density at radius 2 is 1.92 bits per heavy atom. The van der Waals surface area contributed by atoms with E-state index in [-0.39, 0.29) is 0 Å². The molecule has 0 atom stereocenters. The van der Waals surface area contributed by atoms with Crippen LogP contribution in [0, 0.1) is 0 Å². The molecule has 0 bridgehead atoms. The summed E-state index contributed by atoms with van der Waals surface area (Å²) in [6, 6.07) is 16.4. The van der Waals surface area contributed by atoms with Crippen molar-refractivity contribution in [1.29, 1.82) is 0 Å². The maximum Gasteiger partial charge on any atom is 0.180 e. The zero-order chi connectivity index (χ0) is 17.5. The lowest BCUT2D eigenvalue weighted by Gasteiger charge is -2.20. The van der Waals surface area contributed by atoms with Crippen LogP contribution < -0.4 is 10.6 Å². The molecule has 0 amide bonds. The third-order valence-corrected chi connectivity index (χ3v) is 5.37. The van der Waals surface area contributed by atoms with Crippen LogP contribution in [0.25, 0.3) is 0 Å². The summed E-state index contributed by atoms with van der Waals surface area (Å²) < 4.78 is 1.08. The van der Waals surface area contributed by atoms with Gasteiger partial charge in [0.05, 0.1) is 6.21 Å². The molecule has 1 saturated heterocycles. The second kappa shape index (κ2) is 9.06. The van der Waals surface area contributed by atoms with Gasteiger partial charge >= 0.3 is 0 Å². The first kappa shape index (κ1) is 18.0. The maximum absolute atomic E-state index is 5.95. The van der Waals surface area contributed by atoms with Crippen LogP contribution in [-0.4, -0.2) is 24.5 Å². The Hall–Kier alpha value is -1.79. The van der Waals surface area contributed by atoms with Crippen LogP contribution in [0.1, 0.15) is 24.0 Å². The quantitative estimate of drug-likeness (QED) is 0.439. The lowest BCUT2D eigenvalue weighted by Crippen LogP contribution is -2.19. The van der Waals surface area contributed by atoms with Gasteiger partial charge in [-0.3, -0.25) is 0 Å². The predicted molar refractivity (Wildman–Crippen MR) is 113 cm³/mol. The Morgan fingerprint density at radius 1 is 1.16 bits per heavy atom. The van der Waals surface area contributed by atoms with Gasteiger partial charge in [0.15, 0.2) is 5.17 Å². The first-order valence-corrected chi connectivity index (χ1v) is 10.1. The fourth-order valence-corrected chi connectivity index (χ4v) is 3.73. The summed E-state index contributed by atoms with van der Waals surface area (Å²) in [5.74, 6) is 0.795. The third kappa shape index (κ3) is 5.34. The molecule has 1 aliphatic rings. The Labute approximate surface area is 161 Å². The van der Waals surface area contributed by atoms with Gasteiger partial charge in [-0.15, -0.1) is 5.10 Å². The van der Waals surface area contributed by atoms with Crippen LogP contribution in [0.3, 0.4) is 0 Å². The van der Waals surface area contributed by atoms with Crippen molar-refractivity contribution in [1.82, 2.24) is 0 Å². The Kier molecular flexibility index (Phi) is 6.53. The number of nitrogens with zero attached hydrogens (tertiary/aromatic N) is 3. The second-order valence-electron chi connectivity index (χ2n) is 5.85. The molecule has 1 heterocycles. The van der Waals surface area contributed by atoms with Crippen LogP contribution in [0.2, 0.25) is 0 Å². The topological polar surface area (TPSA) is 54.0 Å². The fraction of sp³-hybridized carbons (Fsp3) is 0.263. The molecule has 4 nitrogen and oxygen atoms in total. The minimum Gasteiger partial charge on any atom is -0.377 e. The molecule has 2 aromatic rings. The van der Waals surface area contributed by atoms with Crippen LogP contribution >= 0.6 is 27.7 Å². The third-order valence-electron chi connectivity index (χ3n) is 4.02. The van der Waals surface area contributed by atoms with Crippen LogP contribution in [0.15, 0.2) is 63.2 Å². The van der Waals surface area contributed by atoms with Gasteiger partial charge in [0, 0.05) is 34.6 Å². The van der Waals surface area contributed by atoms with Gasteiger partial charge in [-0.05, 0) is 30.5 Å². The van der Waals surface area contributed by atoms with Crippen molar-refractivity contribution in [2.24, 2.45) is 15.9 Å². The highest BCUT2D eigenvalue weighted by molar-refractivity contribution is 9.10. The Bertz CT molecular complexity index is 755. The summed E-state index contributed by atoms with van der Waals surface area (Å²) in [4.78, 5) is 2.39. The van der Waals surface area contributed by atoms with E-state index in [0.29, 0.717) is 5.17 Å². The molecule has 0 radical (unpaired) electrons. The molecule has 0 aromatic heterocycles. The summed E-state index contributed by atoms with van der Waals surface area (Å²) in [6.07, 6.45) is 4.27. The highest BCUT2D eigenvalue weighted by Crippen LogP contribution is 2.27. The van der Waals surface area contributed by atoms with Crippen molar-refractivity contribution in [2.45, 2.75) is 18.6 Å². The lowest BCUT2D eigenvalue weighted by molar-refractivity contribution is 0.949. The predicted octanol–water partition coefficient (Wildman–Crippen LogP) is 4.63. The molecule has 6 heteroatoms. The summed E-state index contributed by atoms with van der Waals surface area (Å²) >= 11 is 5.05. The van der Waals surface area contributed by atoms with Crippen LogP contribution in [0.5, 0.6) is 0 Å². The van der Waals surface area contributed by atoms with Gasteiger partial charge < -0.3 is 10.6 Å². The molecule has 0 spiro atoms. The molecule has 0 aliphatic carbocycles. The van der Waals surface area contributed by atoms with Crippen molar-refractivity contribution in [3.63, 3.8) is 0 Å². The molecule has 25 heavy (non-hydrogen) atoms. The van der Waals surface area contributed by atoms with Gasteiger partial charge in [-0.25, -0.2) is 0 Å². The fourth-order valence-electron chi connectivity index (χ4n) is 2.77. The molecule has 130 valence electrons. The highest BCUT2D eigenvalue weighted by Gasteiger charge is 2.15. The van der Waals surface area contributed by atoms with E-state index in [2.05, 4.69) is 55.3 Å². The number of hydrogen-bond donors (Lipinski definition) is 1. The average Bonchev–Trinajstić information content (AvgIpc) is 3.16. The molecule has 0 saturated carbocycles. The first-order valence-electron chi connectivity index (χ1n) is 8.30. The minimum absolute atomic E-state index is 0.472. The van der Waals surface area contributed by atoms with E-state index in [1.807, 2.05) is 24.3 Å².